The van der Waals surface area contributed by atoms with Crippen molar-refractivity contribution in [2.24, 2.45) is 0 Å². The number of pyridine rings is 2. The highest BCUT2D eigenvalue weighted by Crippen LogP contribution is 2.27. The van der Waals surface area contributed by atoms with Crippen LogP contribution in [0.3, 0.4) is 0 Å². The minimum Gasteiger partial charge on any atom is -0.406 e. The van der Waals surface area contributed by atoms with E-state index in [1.807, 2.05) is 12.1 Å². The molecule has 0 aliphatic carbocycles. The van der Waals surface area contributed by atoms with Crippen LogP contribution in [0.5, 0.6) is 5.75 Å². The molecule has 4 rings (SSSR count). The Balaban J connectivity index is 1.66. The molecule has 2 aromatic heterocycles. The summed E-state index contributed by atoms with van der Waals surface area (Å²) in [5.74, 6) is -0.781. The van der Waals surface area contributed by atoms with Crippen LogP contribution >= 0.6 is 0 Å². The average Bonchev–Trinajstić information content (AvgIpc) is 2.74. The van der Waals surface area contributed by atoms with E-state index in [4.69, 9.17) is 0 Å². The molecule has 0 spiro atoms. The van der Waals surface area contributed by atoms with Crippen molar-refractivity contribution in [2.45, 2.75) is 6.36 Å². The van der Waals surface area contributed by atoms with Gasteiger partial charge in [0.25, 0.3) is 5.91 Å². The summed E-state index contributed by atoms with van der Waals surface area (Å²) >= 11 is 0. The van der Waals surface area contributed by atoms with E-state index in [-0.39, 0.29) is 5.75 Å². The van der Waals surface area contributed by atoms with Crippen LogP contribution in [0.1, 0.15) is 10.4 Å². The van der Waals surface area contributed by atoms with E-state index in [0.29, 0.717) is 27.8 Å². The number of rotatable bonds is 4. The maximum absolute atomic E-state index is 13.0. The third kappa shape index (κ3) is 4.38. The molecule has 1 N–H and O–H groups in total. The molecule has 0 saturated carbocycles. The molecule has 0 aliphatic rings. The van der Waals surface area contributed by atoms with Gasteiger partial charge in [0.05, 0.1) is 16.8 Å². The van der Waals surface area contributed by atoms with Crippen LogP contribution < -0.4 is 10.1 Å². The van der Waals surface area contributed by atoms with Crippen LogP contribution in [0.15, 0.2) is 79.1 Å². The Labute approximate surface area is 169 Å². The molecule has 0 unspecified atom stereocenters. The monoisotopic (exact) mass is 409 g/mol. The lowest BCUT2D eigenvalue weighted by Crippen LogP contribution is -2.17. The first-order valence-corrected chi connectivity index (χ1v) is 8.86. The number of aromatic nitrogens is 2. The van der Waals surface area contributed by atoms with Crippen molar-refractivity contribution < 1.29 is 22.7 Å². The van der Waals surface area contributed by atoms with Crippen LogP contribution in [0.4, 0.5) is 18.9 Å². The fourth-order valence-corrected chi connectivity index (χ4v) is 2.96. The van der Waals surface area contributed by atoms with Crippen molar-refractivity contribution in [1.29, 1.82) is 0 Å². The highest BCUT2D eigenvalue weighted by Gasteiger charge is 2.31. The topological polar surface area (TPSA) is 64.1 Å². The van der Waals surface area contributed by atoms with Gasteiger partial charge in [-0.1, -0.05) is 18.2 Å². The summed E-state index contributed by atoms with van der Waals surface area (Å²) in [6, 6.07) is 17.4. The van der Waals surface area contributed by atoms with Gasteiger partial charge in [0.1, 0.15) is 5.75 Å². The summed E-state index contributed by atoms with van der Waals surface area (Å²) in [5, 5.41) is 3.35. The van der Waals surface area contributed by atoms with Crippen molar-refractivity contribution in [1.82, 2.24) is 9.97 Å². The minimum absolute atomic E-state index is 0.332. The Morgan fingerprint density at radius 3 is 2.43 bits per heavy atom. The van der Waals surface area contributed by atoms with Crippen LogP contribution in [-0.2, 0) is 0 Å². The average molecular weight is 409 g/mol. The molecule has 1 amide bonds. The van der Waals surface area contributed by atoms with Crippen LogP contribution in [-0.4, -0.2) is 22.2 Å². The number of carbonyl (C=O) groups is 1. The second-order valence-electron chi connectivity index (χ2n) is 6.34. The molecule has 0 saturated heterocycles. The van der Waals surface area contributed by atoms with E-state index < -0.39 is 12.3 Å². The molecule has 0 bridgehead atoms. The summed E-state index contributed by atoms with van der Waals surface area (Å²) in [6.07, 6.45) is -1.48. The number of benzene rings is 2. The number of fused-ring (bicyclic) bond motifs is 1. The number of halogens is 3. The van der Waals surface area contributed by atoms with Gasteiger partial charge in [-0.15, -0.1) is 13.2 Å². The Morgan fingerprint density at radius 2 is 1.73 bits per heavy atom. The van der Waals surface area contributed by atoms with Crippen LogP contribution in [0, 0.1) is 0 Å². The number of ether oxygens (including phenoxy) is 1. The lowest BCUT2D eigenvalue weighted by Gasteiger charge is -2.12. The van der Waals surface area contributed by atoms with E-state index in [9.17, 15) is 18.0 Å². The number of amides is 1. The maximum atomic E-state index is 13.0. The van der Waals surface area contributed by atoms with E-state index in [1.54, 1.807) is 42.7 Å². The first-order valence-electron chi connectivity index (χ1n) is 8.86. The van der Waals surface area contributed by atoms with Crippen molar-refractivity contribution in [3.8, 4) is 17.0 Å². The molecule has 2 aromatic carbocycles. The molecular weight excluding hydrogens is 395 g/mol. The van der Waals surface area contributed by atoms with Gasteiger partial charge in [0.15, 0.2) is 0 Å². The Kier molecular flexibility index (Phi) is 5.05. The molecule has 4 aromatic rings. The summed E-state index contributed by atoms with van der Waals surface area (Å²) in [4.78, 5) is 21.6. The van der Waals surface area contributed by atoms with Crippen LogP contribution in [0.25, 0.3) is 22.2 Å². The van der Waals surface area contributed by atoms with Gasteiger partial charge < -0.3 is 10.1 Å². The van der Waals surface area contributed by atoms with Crippen molar-refractivity contribution in [3.05, 3.63) is 84.7 Å². The molecule has 150 valence electrons. The Bertz CT molecular complexity index is 1190. The molecule has 30 heavy (non-hydrogen) atoms. The summed E-state index contributed by atoms with van der Waals surface area (Å²) in [5.41, 5.74) is 2.69. The third-order valence-electron chi connectivity index (χ3n) is 4.26. The SMILES string of the molecule is O=C(Nc1ccc(OC(F)(F)F)cc1)c1cc(-c2cccnc2)nc2ccccc12. The third-order valence-corrected chi connectivity index (χ3v) is 4.26. The van der Waals surface area contributed by atoms with Gasteiger partial charge in [0, 0.05) is 29.0 Å². The predicted molar refractivity (Wildman–Crippen MR) is 106 cm³/mol. The highest BCUT2D eigenvalue weighted by atomic mass is 19.4. The lowest BCUT2D eigenvalue weighted by atomic mass is 10.0. The zero-order valence-electron chi connectivity index (χ0n) is 15.4. The van der Waals surface area contributed by atoms with Gasteiger partial charge in [-0.3, -0.25) is 9.78 Å². The summed E-state index contributed by atoms with van der Waals surface area (Å²) in [6.45, 7) is 0. The first kappa shape index (κ1) is 19.4. The molecule has 5 nitrogen and oxygen atoms in total. The van der Waals surface area contributed by atoms with E-state index in [1.165, 1.54) is 12.1 Å². The number of alkyl halides is 3. The van der Waals surface area contributed by atoms with Gasteiger partial charge in [-0.2, -0.15) is 0 Å². The van der Waals surface area contributed by atoms with E-state index in [0.717, 1.165) is 17.7 Å². The second kappa shape index (κ2) is 7.82. The van der Waals surface area contributed by atoms with Crippen molar-refractivity contribution in [3.63, 3.8) is 0 Å². The van der Waals surface area contributed by atoms with Gasteiger partial charge >= 0.3 is 6.36 Å². The van der Waals surface area contributed by atoms with Gasteiger partial charge in [0.2, 0.25) is 0 Å². The Morgan fingerprint density at radius 1 is 0.967 bits per heavy atom. The maximum Gasteiger partial charge on any atom is 0.573 e. The van der Waals surface area contributed by atoms with Crippen molar-refractivity contribution in [2.75, 3.05) is 5.32 Å². The highest BCUT2D eigenvalue weighted by molar-refractivity contribution is 6.13. The standard InChI is InChI=1S/C22H14F3N3O2/c23-22(24,25)30-16-9-7-15(8-10-16)27-21(29)18-12-20(14-4-3-11-26-13-14)28-19-6-2-1-5-17(18)19/h1-13H,(H,27,29). The molecule has 0 fully saturated rings. The van der Waals surface area contributed by atoms with E-state index >= 15 is 0 Å². The first-order chi connectivity index (χ1) is 14.4. The number of nitrogens with one attached hydrogen (secondary N) is 1. The van der Waals surface area contributed by atoms with Gasteiger partial charge in [-0.25, -0.2) is 4.98 Å². The molecule has 0 aliphatic heterocycles. The Hall–Kier alpha value is -3.94. The fourth-order valence-electron chi connectivity index (χ4n) is 2.96. The van der Waals surface area contributed by atoms with Gasteiger partial charge in [-0.05, 0) is 48.5 Å². The zero-order chi connectivity index (χ0) is 21.1. The number of carbonyl (C=O) groups excluding carboxylic acids is 1. The number of para-hydroxylation sites is 1. The summed E-state index contributed by atoms with van der Waals surface area (Å²) in [7, 11) is 0. The fraction of sp³-hybridized carbons (Fsp3) is 0.0455. The lowest BCUT2D eigenvalue weighted by molar-refractivity contribution is -0.274. The molecular formula is C22H14F3N3O2. The molecule has 0 atom stereocenters. The molecule has 8 heteroatoms. The summed E-state index contributed by atoms with van der Waals surface area (Å²) < 4.78 is 40.7. The normalized spacial score (nSPS) is 11.3. The number of hydrogen-bond acceptors (Lipinski definition) is 4. The second-order valence-corrected chi connectivity index (χ2v) is 6.34. The van der Waals surface area contributed by atoms with E-state index in [2.05, 4.69) is 20.0 Å². The largest absolute Gasteiger partial charge is 0.573 e. The predicted octanol–water partition coefficient (Wildman–Crippen LogP) is 5.45. The molecule has 2 heterocycles. The zero-order valence-corrected chi connectivity index (χ0v) is 15.4. The van der Waals surface area contributed by atoms with Crippen LogP contribution in [0.2, 0.25) is 0 Å². The minimum atomic E-state index is -4.77. The quantitative estimate of drug-likeness (QED) is 0.487. The number of nitrogens with zero attached hydrogens (tertiary/aromatic N) is 2. The number of hydrogen-bond donors (Lipinski definition) is 1. The molecule has 0 radical (unpaired) electrons. The number of anilines is 1. The smallest absolute Gasteiger partial charge is 0.406 e. The van der Waals surface area contributed by atoms with Crippen molar-refractivity contribution >= 4 is 22.5 Å².